The van der Waals surface area contributed by atoms with E-state index in [9.17, 15) is 0 Å². The van der Waals surface area contributed by atoms with Gasteiger partial charge in [-0.15, -0.1) is 0 Å². The molecule has 1 fully saturated rings. The Morgan fingerprint density at radius 3 is 2.81 bits per heavy atom. The van der Waals surface area contributed by atoms with E-state index in [0.717, 1.165) is 29.9 Å². The molecular formula is C13H20N6O2. The summed E-state index contributed by atoms with van der Waals surface area (Å²) in [7, 11) is 3.74. The van der Waals surface area contributed by atoms with E-state index in [0.29, 0.717) is 25.7 Å². The summed E-state index contributed by atoms with van der Waals surface area (Å²) in [5.41, 5.74) is 0.797. The van der Waals surface area contributed by atoms with Crippen molar-refractivity contribution in [1.29, 1.82) is 0 Å². The number of aliphatic hydroxyl groups is 1. The van der Waals surface area contributed by atoms with Crippen LogP contribution in [0.1, 0.15) is 0 Å². The van der Waals surface area contributed by atoms with Crippen LogP contribution < -0.4 is 9.80 Å². The number of aromatic nitrogens is 4. The van der Waals surface area contributed by atoms with Gasteiger partial charge in [-0.2, -0.15) is 15.1 Å². The van der Waals surface area contributed by atoms with Gasteiger partial charge in [-0.1, -0.05) is 0 Å². The molecule has 0 atom stereocenters. The number of aryl methyl sites for hydroxylation is 1. The summed E-state index contributed by atoms with van der Waals surface area (Å²) in [4.78, 5) is 13.3. The molecular weight excluding hydrogens is 272 g/mol. The maximum atomic E-state index is 9.10. The van der Waals surface area contributed by atoms with Crippen molar-refractivity contribution in [2.45, 2.75) is 0 Å². The molecule has 0 aromatic carbocycles. The van der Waals surface area contributed by atoms with Crippen LogP contribution in [0.3, 0.4) is 0 Å². The van der Waals surface area contributed by atoms with Gasteiger partial charge in [-0.25, -0.2) is 0 Å². The van der Waals surface area contributed by atoms with Crippen LogP contribution in [-0.2, 0) is 11.8 Å². The Morgan fingerprint density at radius 1 is 1.33 bits per heavy atom. The zero-order valence-corrected chi connectivity index (χ0v) is 12.4. The second-order valence-electron chi connectivity index (χ2n) is 5.10. The van der Waals surface area contributed by atoms with Gasteiger partial charge in [-0.05, 0) is 0 Å². The van der Waals surface area contributed by atoms with E-state index in [2.05, 4.69) is 20.0 Å². The van der Waals surface area contributed by atoms with Crippen molar-refractivity contribution < 1.29 is 9.84 Å². The van der Waals surface area contributed by atoms with E-state index in [1.54, 1.807) is 10.9 Å². The maximum absolute atomic E-state index is 9.10. The van der Waals surface area contributed by atoms with Crippen molar-refractivity contribution >= 4 is 22.8 Å². The normalized spacial score (nSPS) is 15.7. The first-order valence-electron chi connectivity index (χ1n) is 7.05. The van der Waals surface area contributed by atoms with Crippen LogP contribution in [-0.4, -0.2) is 71.4 Å². The number of nitrogens with zero attached hydrogens (tertiary/aromatic N) is 6. The van der Waals surface area contributed by atoms with Crippen LogP contribution in [0.5, 0.6) is 0 Å². The fourth-order valence-electron chi connectivity index (χ4n) is 2.43. The SMILES string of the molecule is CN(CCO)c1nc(N2CCOCC2)c2cnn(C)c2n1. The zero-order valence-electron chi connectivity index (χ0n) is 12.4. The lowest BCUT2D eigenvalue weighted by Gasteiger charge is -2.29. The average Bonchev–Trinajstić information content (AvgIpc) is 2.89. The number of morpholine rings is 1. The third kappa shape index (κ3) is 2.64. The van der Waals surface area contributed by atoms with Crippen LogP contribution in [0.15, 0.2) is 6.20 Å². The summed E-state index contributed by atoms with van der Waals surface area (Å²) < 4.78 is 7.15. The second kappa shape index (κ2) is 5.82. The summed E-state index contributed by atoms with van der Waals surface area (Å²) >= 11 is 0. The van der Waals surface area contributed by atoms with Crippen LogP contribution >= 0.6 is 0 Å². The molecule has 0 amide bonds. The van der Waals surface area contributed by atoms with Crippen molar-refractivity contribution in [3.63, 3.8) is 0 Å². The van der Waals surface area contributed by atoms with Gasteiger partial charge >= 0.3 is 0 Å². The lowest BCUT2D eigenvalue weighted by atomic mass is 10.3. The first kappa shape index (κ1) is 14.0. The lowest BCUT2D eigenvalue weighted by Crippen LogP contribution is -2.37. The molecule has 0 radical (unpaired) electrons. The number of fused-ring (bicyclic) bond motifs is 1. The Bertz CT molecular complexity index is 622. The monoisotopic (exact) mass is 292 g/mol. The van der Waals surface area contributed by atoms with E-state index in [1.807, 2.05) is 19.0 Å². The van der Waals surface area contributed by atoms with Gasteiger partial charge in [0.2, 0.25) is 5.95 Å². The van der Waals surface area contributed by atoms with Gasteiger partial charge < -0.3 is 19.6 Å². The van der Waals surface area contributed by atoms with Gasteiger partial charge in [0.05, 0.1) is 31.4 Å². The van der Waals surface area contributed by atoms with Crippen molar-refractivity contribution in [3.8, 4) is 0 Å². The number of hydrogen-bond acceptors (Lipinski definition) is 7. The first-order chi connectivity index (χ1) is 10.2. The minimum absolute atomic E-state index is 0.0656. The summed E-state index contributed by atoms with van der Waals surface area (Å²) in [6.07, 6.45) is 1.80. The van der Waals surface area contributed by atoms with E-state index in [4.69, 9.17) is 9.84 Å². The third-order valence-electron chi connectivity index (χ3n) is 3.65. The molecule has 8 heteroatoms. The van der Waals surface area contributed by atoms with E-state index in [-0.39, 0.29) is 6.61 Å². The molecule has 2 aromatic rings. The molecule has 3 rings (SSSR count). The Morgan fingerprint density at radius 2 is 2.10 bits per heavy atom. The van der Waals surface area contributed by atoms with E-state index >= 15 is 0 Å². The highest BCUT2D eigenvalue weighted by molar-refractivity contribution is 5.88. The molecule has 1 aliphatic rings. The van der Waals surface area contributed by atoms with Crippen molar-refractivity contribution in [1.82, 2.24) is 19.7 Å². The predicted molar refractivity (Wildman–Crippen MR) is 79.7 cm³/mol. The number of hydrogen-bond donors (Lipinski definition) is 1. The Kier molecular flexibility index (Phi) is 3.89. The maximum Gasteiger partial charge on any atom is 0.229 e. The van der Waals surface area contributed by atoms with Gasteiger partial charge in [0.15, 0.2) is 5.65 Å². The second-order valence-corrected chi connectivity index (χ2v) is 5.10. The molecule has 0 aliphatic carbocycles. The zero-order chi connectivity index (χ0) is 14.8. The highest BCUT2D eigenvalue weighted by atomic mass is 16.5. The first-order valence-corrected chi connectivity index (χ1v) is 7.05. The Hall–Kier alpha value is -1.93. The highest BCUT2D eigenvalue weighted by Crippen LogP contribution is 2.26. The largest absolute Gasteiger partial charge is 0.395 e. The molecule has 1 aliphatic heterocycles. The molecule has 114 valence electrons. The number of anilines is 2. The number of aliphatic hydroxyl groups excluding tert-OH is 1. The quantitative estimate of drug-likeness (QED) is 0.823. The fourth-order valence-corrected chi connectivity index (χ4v) is 2.43. The molecule has 2 aromatic heterocycles. The van der Waals surface area contributed by atoms with Crippen LogP contribution in [0.25, 0.3) is 11.0 Å². The number of ether oxygens (including phenoxy) is 1. The standard InChI is InChI=1S/C13H20N6O2/c1-17(3-6-20)13-15-11-10(9-14-18(11)2)12(16-13)19-4-7-21-8-5-19/h9,20H,3-8H2,1-2H3. The topological polar surface area (TPSA) is 79.5 Å². The molecule has 0 spiro atoms. The third-order valence-corrected chi connectivity index (χ3v) is 3.65. The molecule has 0 saturated carbocycles. The summed E-state index contributed by atoms with van der Waals surface area (Å²) in [6.45, 7) is 3.58. The smallest absolute Gasteiger partial charge is 0.229 e. The number of rotatable bonds is 4. The molecule has 0 unspecified atom stereocenters. The fraction of sp³-hybridized carbons (Fsp3) is 0.615. The molecule has 21 heavy (non-hydrogen) atoms. The van der Waals surface area contributed by atoms with Crippen LogP contribution in [0.4, 0.5) is 11.8 Å². The molecule has 1 N–H and O–H groups in total. The van der Waals surface area contributed by atoms with Gasteiger partial charge in [-0.3, -0.25) is 4.68 Å². The van der Waals surface area contributed by atoms with E-state index in [1.165, 1.54) is 0 Å². The highest BCUT2D eigenvalue weighted by Gasteiger charge is 2.20. The summed E-state index contributed by atoms with van der Waals surface area (Å²) in [6, 6.07) is 0. The average molecular weight is 292 g/mol. The van der Waals surface area contributed by atoms with Crippen molar-refractivity contribution in [2.24, 2.45) is 7.05 Å². The minimum atomic E-state index is 0.0656. The van der Waals surface area contributed by atoms with Gasteiger partial charge in [0, 0.05) is 33.7 Å². The Labute approximate surface area is 123 Å². The minimum Gasteiger partial charge on any atom is -0.395 e. The molecule has 8 nitrogen and oxygen atoms in total. The summed E-state index contributed by atoms with van der Waals surface area (Å²) in [5.74, 6) is 1.48. The molecule has 0 bridgehead atoms. The predicted octanol–water partition coefficient (Wildman–Crippen LogP) is -0.372. The molecule has 1 saturated heterocycles. The number of likely N-dealkylation sites (N-methyl/N-ethyl adjacent to an activating group) is 1. The van der Waals surface area contributed by atoms with Crippen molar-refractivity contribution in [3.05, 3.63) is 6.20 Å². The van der Waals surface area contributed by atoms with Crippen LogP contribution in [0.2, 0.25) is 0 Å². The van der Waals surface area contributed by atoms with E-state index < -0.39 is 0 Å². The van der Waals surface area contributed by atoms with Crippen molar-refractivity contribution in [2.75, 3.05) is 56.3 Å². The lowest BCUT2D eigenvalue weighted by molar-refractivity contribution is 0.122. The molecule has 3 heterocycles. The summed E-state index contributed by atoms with van der Waals surface area (Å²) in [5, 5.41) is 14.3. The van der Waals surface area contributed by atoms with Gasteiger partial charge in [0.25, 0.3) is 0 Å². The van der Waals surface area contributed by atoms with Crippen LogP contribution in [0, 0.1) is 0 Å². The Balaban J connectivity index is 2.07. The van der Waals surface area contributed by atoms with Gasteiger partial charge in [0.1, 0.15) is 5.82 Å².